The zero-order chi connectivity index (χ0) is 17.4. The first-order valence-electron chi connectivity index (χ1n) is 7.35. The first-order chi connectivity index (χ1) is 11.6. The highest BCUT2D eigenvalue weighted by Crippen LogP contribution is 2.19. The minimum atomic E-state index is -2.86. The summed E-state index contributed by atoms with van der Waals surface area (Å²) in [5.41, 5.74) is 0.605. The molecule has 1 aromatic heterocycles. The number of nitrogens with one attached hydrogen (secondary N) is 2. The van der Waals surface area contributed by atoms with Crippen LogP contribution in [-0.2, 0) is 13.0 Å². The van der Waals surface area contributed by atoms with Gasteiger partial charge in [0.1, 0.15) is 5.75 Å². The SMILES string of the molecule is CN=C(NCCc1nc(C)no1)NCc1ccccc1OC(F)F.I. The van der Waals surface area contributed by atoms with Gasteiger partial charge in [-0.25, -0.2) is 0 Å². The molecular formula is C15H20F2IN5O2. The largest absolute Gasteiger partial charge is 0.434 e. The van der Waals surface area contributed by atoms with E-state index in [4.69, 9.17) is 4.52 Å². The van der Waals surface area contributed by atoms with Gasteiger partial charge in [0.15, 0.2) is 11.8 Å². The van der Waals surface area contributed by atoms with Gasteiger partial charge >= 0.3 is 6.61 Å². The molecule has 1 aromatic carbocycles. The van der Waals surface area contributed by atoms with Crippen molar-refractivity contribution >= 4 is 29.9 Å². The van der Waals surface area contributed by atoms with Gasteiger partial charge in [0.2, 0.25) is 5.89 Å². The van der Waals surface area contributed by atoms with Gasteiger partial charge in [-0.3, -0.25) is 4.99 Å². The third-order valence-electron chi connectivity index (χ3n) is 3.06. The first kappa shape index (κ1) is 21.1. The lowest BCUT2D eigenvalue weighted by molar-refractivity contribution is -0.0504. The molecule has 1 heterocycles. The molecule has 0 radical (unpaired) electrons. The highest BCUT2D eigenvalue weighted by atomic mass is 127. The molecule has 2 rings (SSSR count). The highest BCUT2D eigenvalue weighted by Gasteiger charge is 2.09. The predicted molar refractivity (Wildman–Crippen MR) is 99.4 cm³/mol. The molecule has 2 aromatic rings. The van der Waals surface area contributed by atoms with Crippen LogP contribution in [0.15, 0.2) is 33.8 Å². The van der Waals surface area contributed by atoms with Crippen LogP contribution in [0.2, 0.25) is 0 Å². The third-order valence-corrected chi connectivity index (χ3v) is 3.06. The number of aromatic nitrogens is 2. The molecule has 0 aliphatic heterocycles. The maximum absolute atomic E-state index is 12.4. The van der Waals surface area contributed by atoms with Gasteiger partial charge < -0.3 is 19.9 Å². The lowest BCUT2D eigenvalue weighted by atomic mass is 10.2. The number of nitrogens with zero attached hydrogens (tertiary/aromatic N) is 3. The Morgan fingerprint density at radius 3 is 2.72 bits per heavy atom. The maximum atomic E-state index is 12.4. The number of para-hydroxylation sites is 1. The summed E-state index contributed by atoms with van der Waals surface area (Å²) in [5, 5.41) is 9.83. The molecule has 10 heteroatoms. The Morgan fingerprint density at radius 2 is 2.08 bits per heavy atom. The fourth-order valence-corrected chi connectivity index (χ4v) is 1.99. The van der Waals surface area contributed by atoms with Crippen LogP contribution in [0.1, 0.15) is 17.3 Å². The fraction of sp³-hybridized carbons (Fsp3) is 0.400. The minimum absolute atomic E-state index is 0. The van der Waals surface area contributed by atoms with Crippen molar-refractivity contribution in [1.29, 1.82) is 0 Å². The molecule has 0 fully saturated rings. The van der Waals surface area contributed by atoms with Crippen molar-refractivity contribution in [2.24, 2.45) is 4.99 Å². The molecule has 0 amide bonds. The monoisotopic (exact) mass is 467 g/mol. The topological polar surface area (TPSA) is 84.6 Å². The van der Waals surface area contributed by atoms with E-state index in [0.717, 1.165) is 0 Å². The standard InChI is InChI=1S/C15H19F2N5O2.HI/c1-10-21-13(24-22-10)7-8-19-15(18-2)20-9-11-5-3-4-6-12(11)23-14(16)17;/h3-6,14H,7-9H2,1-2H3,(H2,18,19,20);1H. The van der Waals surface area contributed by atoms with Crippen molar-refractivity contribution in [2.75, 3.05) is 13.6 Å². The number of hydrogen-bond acceptors (Lipinski definition) is 5. The van der Waals surface area contributed by atoms with E-state index in [0.29, 0.717) is 42.7 Å². The number of aryl methyl sites for hydroxylation is 1. The smallest absolute Gasteiger partial charge is 0.387 e. The van der Waals surface area contributed by atoms with Crippen LogP contribution in [0.25, 0.3) is 0 Å². The second-order valence-electron chi connectivity index (χ2n) is 4.82. The molecule has 0 spiro atoms. The summed E-state index contributed by atoms with van der Waals surface area (Å²) in [6.07, 6.45) is 0.548. The highest BCUT2D eigenvalue weighted by molar-refractivity contribution is 14.0. The number of guanidine groups is 1. The van der Waals surface area contributed by atoms with E-state index < -0.39 is 6.61 Å². The van der Waals surface area contributed by atoms with E-state index in [-0.39, 0.29) is 29.7 Å². The normalized spacial score (nSPS) is 11.2. The Balaban J connectivity index is 0.00000312. The quantitative estimate of drug-likeness (QED) is 0.370. The van der Waals surface area contributed by atoms with Crippen LogP contribution in [0.4, 0.5) is 8.78 Å². The van der Waals surface area contributed by atoms with Crippen molar-refractivity contribution in [3.8, 4) is 5.75 Å². The average molecular weight is 467 g/mol. The minimum Gasteiger partial charge on any atom is -0.434 e. The molecule has 138 valence electrons. The zero-order valence-electron chi connectivity index (χ0n) is 13.8. The Hall–Kier alpha value is -1.98. The van der Waals surface area contributed by atoms with Gasteiger partial charge in [0.25, 0.3) is 0 Å². The summed E-state index contributed by atoms with van der Waals surface area (Å²) in [7, 11) is 1.62. The number of ether oxygens (including phenoxy) is 1. The fourth-order valence-electron chi connectivity index (χ4n) is 1.99. The molecule has 0 saturated heterocycles. The summed E-state index contributed by atoms with van der Waals surface area (Å²) >= 11 is 0. The first-order valence-corrected chi connectivity index (χ1v) is 7.35. The van der Waals surface area contributed by atoms with E-state index in [1.54, 1.807) is 32.2 Å². The average Bonchev–Trinajstić information content (AvgIpc) is 2.97. The summed E-state index contributed by atoms with van der Waals surface area (Å²) in [6, 6.07) is 6.60. The van der Waals surface area contributed by atoms with Crippen molar-refractivity contribution < 1.29 is 18.0 Å². The molecule has 2 N–H and O–H groups in total. The molecule has 0 atom stereocenters. The van der Waals surface area contributed by atoms with Gasteiger partial charge in [-0.1, -0.05) is 23.4 Å². The van der Waals surface area contributed by atoms with Gasteiger partial charge in [-0.15, -0.1) is 24.0 Å². The number of aliphatic imine (C=N–C) groups is 1. The van der Waals surface area contributed by atoms with Gasteiger partial charge in [0.05, 0.1) is 0 Å². The molecule has 0 bridgehead atoms. The van der Waals surface area contributed by atoms with Crippen LogP contribution >= 0.6 is 24.0 Å². The van der Waals surface area contributed by atoms with Crippen molar-refractivity contribution in [1.82, 2.24) is 20.8 Å². The molecule has 0 saturated carbocycles. The Labute approximate surface area is 161 Å². The van der Waals surface area contributed by atoms with E-state index in [2.05, 4.69) is 30.5 Å². The zero-order valence-corrected chi connectivity index (χ0v) is 16.2. The summed E-state index contributed by atoms with van der Waals surface area (Å²) < 4.78 is 34.3. The lowest BCUT2D eigenvalue weighted by Crippen LogP contribution is -2.38. The molecule has 25 heavy (non-hydrogen) atoms. The van der Waals surface area contributed by atoms with Crippen molar-refractivity contribution in [3.63, 3.8) is 0 Å². The van der Waals surface area contributed by atoms with E-state index >= 15 is 0 Å². The molecule has 7 nitrogen and oxygen atoms in total. The Morgan fingerprint density at radius 1 is 1.32 bits per heavy atom. The van der Waals surface area contributed by atoms with Crippen molar-refractivity contribution in [3.05, 3.63) is 41.5 Å². The molecule has 0 aliphatic rings. The third kappa shape index (κ3) is 7.20. The summed E-state index contributed by atoms with van der Waals surface area (Å²) in [4.78, 5) is 8.17. The van der Waals surface area contributed by atoms with Gasteiger partial charge in [0, 0.05) is 32.1 Å². The van der Waals surface area contributed by atoms with Gasteiger partial charge in [-0.05, 0) is 13.0 Å². The molecular weight excluding hydrogens is 447 g/mol. The summed E-state index contributed by atoms with van der Waals surface area (Å²) in [5.74, 6) is 1.78. The van der Waals surface area contributed by atoms with Crippen LogP contribution in [0.3, 0.4) is 0 Å². The van der Waals surface area contributed by atoms with E-state index in [1.807, 2.05) is 0 Å². The van der Waals surface area contributed by atoms with Crippen LogP contribution < -0.4 is 15.4 Å². The predicted octanol–water partition coefficient (Wildman–Crippen LogP) is 2.51. The summed E-state index contributed by atoms with van der Waals surface area (Å²) in [6.45, 7) is -0.278. The van der Waals surface area contributed by atoms with Crippen molar-refractivity contribution in [2.45, 2.75) is 26.5 Å². The lowest BCUT2D eigenvalue weighted by Gasteiger charge is -2.14. The number of benzene rings is 1. The van der Waals surface area contributed by atoms with E-state index in [1.165, 1.54) is 6.07 Å². The molecule has 0 unspecified atom stereocenters. The van der Waals surface area contributed by atoms with Crippen LogP contribution in [-0.4, -0.2) is 36.3 Å². The maximum Gasteiger partial charge on any atom is 0.387 e. The van der Waals surface area contributed by atoms with E-state index in [9.17, 15) is 8.78 Å². The van der Waals surface area contributed by atoms with Crippen LogP contribution in [0, 0.1) is 6.92 Å². The Kier molecular flexibility index (Phi) is 9.10. The Bertz CT molecular complexity index is 681. The molecule has 0 aliphatic carbocycles. The second-order valence-corrected chi connectivity index (χ2v) is 4.82. The number of halogens is 3. The van der Waals surface area contributed by atoms with Crippen LogP contribution in [0.5, 0.6) is 5.75 Å². The van der Waals surface area contributed by atoms with Gasteiger partial charge in [-0.2, -0.15) is 13.8 Å². The number of alkyl halides is 2. The second kappa shape index (κ2) is 10.8. The number of hydrogen-bond donors (Lipinski definition) is 2. The number of rotatable bonds is 7.